The van der Waals surface area contributed by atoms with Crippen LogP contribution in [-0.2, 0) is 14.3 Å². The van der Waals surface area contributed by atoms with Gasteiger partial charge in [0.05, 0.1) is 45.2 Å². The van der Waals surface area contributed by atoms with E-state index in [-0.39, 0.29) is 17.5 Å². The third-order valence-corrected chi connectivity index (χ3v) is 4.88. The van der Waals surface area contributed by atoms with Crippen molar-refractivity contribution in [2.75, 3.05) is 21.3 Å². The average molecular weight is 427 g/mol. The number of benzene rings is 1. The second kappa shape index (κ2) is 9.16. The van der Waals surface area contributed by atoms with Gasteiger partial charge in [-0.15, -0.1) is 0 Å². The number of carbonyl (C=O) groups excluding carboxylic acids is 2. The number of aromatic hydroxyl groups is 1. The van der Waals surface area contributed by atoms with Crippen molar-refractivity contribution in [3.63, 3.8) is 0 Å². The van der Waals surface area contributed by atoms with Gasteiger partial charge < -0.3 is 24.3 Å². The summed E-state index contributed by atoms with van der Waals surface area (Å²) >= 11 is 0. The van der Waals surface area contributed by atoms with Crippen molar-refractivity contribution in [1.29, 1.82) is 0 Å². The van der Waals surface area contributed by atoms with Crippen LogP contribution in [0, 0.1) is 0 Å². The second-order valence-corrected chi connectivity index (χ2v) is 6.55. The van der Waals surface area contributed by atoms with Crippen LogP contribution in [0.15, 0.2) is 41.5 Å². The number of hydrogen-bond donors (Lipinski definition) is 3. The molecule has 1 aromatic carbocycles. The molecule has 31 heavy (non-hydrogen) atoms. The summed E-state index contributed by atoms with van der Waals surface area (Å²) in [5.41, 5.74) is 0.618. The molecule has 1 atom stereocenters. The van der Waals surface area contributed by atoms with Gasteiger partial charge in [0, 0.05) is 23.2 Å². The quantitative estimate of drug-likeness (QED) is 0.486. The topological polar surface area (TPSA) is 144 Å². The normalized spacial score (nSPS) is 11.6. The molecular formula is C21H21N3O7. The molecule has 0 aliphatic carbocycles. The van der Waals surface area contributed by atoms with E-state index in [9.17, 15) is 19.5 Å². The molecule has 10 heteroatoms. The van der Waals surface area contributed by atoms with Crippen LogP contribution in [0.1, 0.15) is 33.8 Å². The molecule has 2 heterocycles. The molecule has 0 spiro atoms. The van der Waals surface area contributed by atoms with Crippen LogP contribution < -0.4 is 10.3 Å². The van der Waals surface area contributed by atoms with E-state index in [0.29, 0.717) is 22.6 Å². The second-order valence-electron chi connectivity index (χ2n) is 6.55. The van der Waals surface area contributed by atoms with E-state index in [1.54, 1.807) is 31.4 Å². The Bertz CT molecular complexity index is 1150. The smallest absolute Gasteiger partial charge is 0.343 e. The molecule has 3 N–H and O–H groups in total. The van der Waals surface area contributed by atoms with Crippen LogP contribution in [-0.4, -0.2) is 53.6 Å². The number of esters is 2. The first-order valence-corrected chi connectivity index (χ1v) is 9.18. The molecule has 0 unspecified atom stereocenters. The van der Waals surface area contributed by atoms with Gasteiger partial charge in [-0.2, -0.15) is 5.10 Å². The summed E-state index contributed by atoms with van der Waals surface area (Å²) in [5, 5.41) is 17.7. The Labute approximate surface area is 176 Å². The first-order chi connectivity index (χ1) is 14.9. The van der Waals surface area contributed by atoms with Crippen molar-refractivity contribution in [2.24, 2.45) is 0 Å². The van der Waals surface area contributed by atoms with Crippen LogP contribution in [0.4, 0.5) is 0 Å². The van der Waals surface area contributed by atoms with Gasteiger partial charge in [-0.1, -0.05) is 0 Å². The number of H-pyrrole nitrogens is 2. The van der Waals surface area contributed by atoms with Crippen molar-refractivity contribution in [3.8, 4) is 22.8 Å². The molecular weight excluding hydrogens is 406 g/mol. The van der Waals surface area contributed by atoms with Crippen molar-refractivity contribution >= 4 is 11.9 Å². The molecule has 0 amide bonds. The van der Waals surface area contributed by atoms with E-state index >= 15 is 0 Å². The zero-order valence-electron chi connectivity index (χ0n) is 17.1. The molecule has 0 saturated heterocycles. The van der Waals surface area contributed by atoms with Crippen LogP contribution in [0.5, 0.6) is 11.5 Å². The summed E-state index contributed by atoms with van der Waals surface area (Å²) in [5.74, 6) is -2.35. The van der Waals surface area contributed by atoms with Crippen LogP contribution in [0.3, 0.4) is 0 Å². The van der Waals surface area contributed by atoms with Gasteiger partial charge in [0.2, 0.25) is 0 Å². The molecule has 0 aliphatic rings. The number of methoxy groups -OCH3 is 3. The highest BCUT2D eigenvalue weighted by molar-refractivity contribution is 5.92. The maximum atomic E-state index is 12.7. The summed E-state index contributed by atoms with van der Waals surface area (Å²) in [7, 11) is 3.91. The molecule has 3 rings (SSSR count). The van der Waals surface area contributed by atoms with Gasteiger partial charge in [-0.3, -0.25) is 14.7 Å². The number of ether oxygens (including phenoxy) is 3. The van der Waals surface area contributed by atoms with E-state index in [4.69, 9.17) is 9.47 Å². The lowest BCUT2D eigenvalue weighted by atomic mass is 9.86. The lowest BCUT2D eigenvalue weighted by molar-refractivity contribution is -0.140. The Kier molecular flexibility index (Phi) is 6.39. The number of rotatable bonds is 7. The summed E-state index contributed by atoms with van der Waals surface area (Å²) < 4.78 is 14.6. The Hall–Kier alpha value is -4.08. The predicted molar refractivity (Wildman–Crippen MR) is 109 cm³/mol. The number of pyridine rings is 1. The van der Waals surface area contributed by atoms with Crippen molar-refractivity contribution < 1.29 is 28.9 Å². The van der Waals surface area contributed by atoms with Crippen molar-refractivity contribution in [1.82, 2.24) is 15.2 Å². The Morgan fingerprint density at radius 3 is 2.45 bits per heavy atom. The number of nitrogens with one attached hydrogen (secondary N) is 2. The highest BCUT2D eigenvalue weighted by atomic mass is 16.5. The number of hydrogen-bond acceptors (Lipinski definition) is 8. The molecule has 162 valence electrons. The van der Waals surface area contributed by atoms with Gasteiger partial charge in [-0.05, 0) is 24.3 Å². The van der Waals surface area contributed by atoms with E-state index < -0.39 is 29.2 Å². The summed E-state index contributed by atoms with van der Waals surface area (Å²) in [6.45, 7) is 0. The minimum atomic E-state index is -0.961. The number of aromatic nitrogens is 3. The Balaban J connectivity index is 2.19. The fourth-order valence-electron chi connectivity index (χ4n) is 3.29. The molecule has 0 saturated carbocycles. The molecule has 0 radical (unpaired) electrons. The minimum absolute atomic E-state index is 0.176. The SMILES string of the molecule is COC(=O)C[C@@H](c1cn[nH]c1-c1ccc(OC)cc1)c1c(O)c(C(=O)OC)c[nH]c1=O. The van der Waals surface area contributed by atoms with E-state index in [2.05, 4.69) is 19.9 Å². The number of carbonyl (C=O) groups is 2. The first kappa shape index (κ1) is 21.6. The van der Waals surface area contributed by atoms with Gasteiger partial charge in [0.1, 0.15) is 17.1 Å². The average Bonchev–Trinajstić information content (AvgIpc) is 3.27. The van der Waals surface area contributed by atoms with Gasteiger partial charge in [0.25, 0.3) is 5.56 Å². The van der Waals surface area contributed by atoms with Crippen molar-refractivity contribution in [2.45, 2.75) is 12.3 Å². The fraction of sp³-hybridized carbons (Fsp3) is 0.238. The largest absolute Gasteiger partial charge is 0.506 e. The summed E-state index contributed by atoms with van der Waals surface area (Å²) in [4.78, 5) is 39.3. The zero-order valence-corrected chi connectivity index (χ0v) is 17.1. The zero-order chi connectivity index (χ0) is 22.5. The first-order valence-electron chi connectivity index (χ1n) is 9.18. The number of nitrogens with zero attached hydrogens (tertiary/aromatic N) is 1. The molecule has 0 bridgehead atoms. The standard InChI is InChI=1S/C21H21N3O7/c1-29-12-6-4-11(5-7-12)18-14(10-23-24-18)13(8-16(25)30-2)17-19(26)15(21(28)31-3)9-22-20(17)27/h4-7,9-10,13H,8H2,1-3H3,(H,23,24)(H2,22,26,27)/t13-/m0/s1. The maximum absolute atomic E-state index is 12.7. The lowest BCUT2D eigenvalue weighted by Crippen LogP contribution is -2.22. The fourth-order valence-corrected chi connectivity index (χ4v) is 3.29. The van der Waals surface area contributed by atoms with Gasteiger partial charge >= 0.3 is 11.9 Å². The third-order valence-electron chi connectivity index (χ3n) is 4.88. The highest BCUT2D eigenvalue weighted by Crippen LogP contribution is 2.38. The predicted octanol–water partition coefficient (Wildman–Crippen LogP) is 1.96. The van der Waals surface area contributed by atoms with E-state index in [1.165, 1.54) is 13.3 Å². The molecule has 3 aromatic rings. The lowest BCUT2D eigenvalue weighted by Gasteiger charge is -2.18. The Morgan fingerprint density at radius 2 is 1.84 bits per heavy atom. The molecule has 0 fully saturated rings. The molecule has 10 nitrogen and oxygen atoms in total. The minimum Gasteiger partial charge on any atom is -0.506 e. The van der Waals surface area contributed by atoms with Crippen LogP contribution >= 0.6 is 0 Å². The molecule has 0 aliphatic heterocycles. The highest BCUT2D eigenvalue weighted by Gasteiger charge is 2.31. The monoisotopic (exact) mass is 427 g/mol. The van der Waals surface area contributed by atoms with Crippen LogP contribution in [0.2, 0.25) is 0 Å². The van der Waals surface area contributed by atoms with Crippen molar-refractivity contribution in [3.05, 3.63) is 63.7 Å². The Morgan fingerprint density at radius 1 is 1.13 bits per heavy atom. The maximum Gasteiger partial charge on any atom is 0.343 e. The van der Waals surface area contributed by atoms with Gasteiger partial charge in [-0.25, -0.2) is 4.79 Å². The summed E-state index contributed by atoms with van der Waals surface area (Å²) in [6.07, 6.45) is 2.24. The van der Waals surface area contributed by atoms with E-state index in [1.807, 2.05) is 0 Å². The summed E-state index contributed by atoms with van der Waals surface area (Å²) in [6, 6.07) is 7.05. The van der Waals surface area contributed by atoms with Gasteiger partial charge in [0.15, 0.2) is 0 Å². The van der Waals surface area contributed by atoms with E-state index in [0.717, 1.165) is 13.3 Å². The molecule has 2 aromatic heterocycles. The van der Waals surface area contributed by atoms with Crippen LogP contribution in [0.25, 0.3) is 11.3 Å². The number of aromatic amines is 2. The third kappa shape index (κ3) is 4.27.